The molecule has 1 heterocycles. The van der Waals surface area contributed by atoms with Crippen molar-refractivity contribution in [1.29, 1.82) is 0 Å². The SMILES string of the molecule is Cc1nc(-c2cccc(Cl)c2)n(C(C)C)n1. The van der Waals surface area contributed by atoms with Crippen molar-refractivity contribution < 1.29 is 0 Å². The van der Waals surface area contributed by atoms with Crippen LogP contribution in [0.3, 0.4) is 0 Å². The summed E-state index contributed by atoms with van der Waals surface area (Å²) in [7, 11) is 0. The number of benzene rings is 1. The molecule has 3 nitrogen and oxygen atoms in total. The Bertz CT molecular complexity index is 503. The van der Waals surface area contributed by atoms with Gasteiger partial charge < -0.3 is 0 Å². The van der Waals surface area contributed by atoms with Gasteiger partial charge in [-0.1, -0.05) is 23.7 Å². The van der Waals surface area contributed by atoms with Gasteiger partial charge in [-0.3, -0.25) is 0 Å². The molecule has 0 aliphatic heterocycles. The standard InChI is InChI=1S/C12H14ClN3/c1-8(2)16-12(14-9(3)15-16)10-5-4-6-11(13)7-10/h4-8H,1-3H3. The molecule has 1 aromatic heterocycles. The van der Waals surface area contributed by atoms with Gasteiger partial charge in [0.1, 0.15) is 5.82 Å². The maximum atomic E-state index is 5.98. The van der Waals surface area contributed by atoms with E-state index in [0.717, 1.165) is 17.2 Å². The van der Waals surface area contributed by atoms with Crippen LogP contribution in [0.1, 0.15) is 25.7 Å². The van der Waals surface area contributed by atoms with Crippen molar-refractivity contribution in [3.8, 4) is 11.4 Å². The maximum Gasteiger partial charge on any atom is 0.158 e. The molecule has 0 saturated carbocycles. The van der Waals surface area contributed by atoms with Crippen LogP contribution in [-0.4, -0.2) is 14.8 Å². The predicted molar refractivity (Wildman–Crippen MR) is 65.6 cm³/mol. The average molecular weight is 236 g/mol. The van der Waals surface area contributed by atoms with Crippen LogP contribution < -0.4 is 0 Å². The number of halogens is 1. The van der Waals surface area contributed by atoms with Crippen LogP contribution in [0.5, 0.6) is 0 Å². The highest BCUT2D eigenvalue weighted by atomic mass is 35.5. The number of hydrogen-bond donors (Lipinski definition) is 0. The Morgan fingerprint density at radius 2 is 2.06 bits per heavy atom. The molecule has 1 aromatic carbocycles. The van der Waals surface area contributed by atoms with Crippen LogP contribution in [0.2, 0.25) is 5.02 Å². The Kier molecular flexibility index (Phi) is 2.97. The average Bonchev–Trinajstić information content (AvgIpc) is 2.60. The van der Waals surface area contributed by atoms with Gasteiger partial charge in [-0.25, -0.2) is 9.67 Å². The molecule has 0 N–H and O–H groups in total. The summed E-state index contributed by atoms with van der Waals surface area (Å²) in [4.78, 5) is 4.44. The van der Waals surface area contributed by atoms with E-state index in [1.54, 1.807) is 0 Å². The van der Waals surface area contributed by atoms with E-state index in [0.29, 0.717) is 5.02 Å². The molecule has 0 radical (unpaired) electrons. The third kappa shape index (κ3) is 2.09. The summed E-state index contributed by atoms with van der Waals surface area (Å²) in [5.74, 6) is 1.65. The van der Waals surface area contributed by atoms with Crippen molar-refractivity contribution in [1.82, 2.24) is 14.8 Å². The molecule has 0 fully saturated rings. The molecule has 0 unspecified atom stereocenters. The molecule has 0 bridgehead atoms. The lowest BCUT2D eigenvalue weighted by atomic mass is 10.2. The largest absolute Gasteiger partial charge is 0.243 e. The summed E-state index contributed by atoms with van der Waals surface area (Å²) in [5, 5.41) is 5.09. The number of nitrogens with zero attached hydrogens (tertiary/aromatic N) is 3. The van der Waals surface area contributed by atoms with E-state index >= 15 is 0 Å². The Balaban J connectivity index is 2.55. The highest BCUT2D eigenvalue weighted by Crippen LogP contribution is 2.23. The molecule has 0 aliphatic rings. The van der Waals surface area contributed by atoms with Crippen molar-refractivity contribution in [2.24, 2.45) is 0 Å². The Morgan fingerprint density at radius 1 is 1.31 bits per heavy atom. The van der Waals surface area contributed by atoms with Gasteiger partial charge in [0.15, 0.2) is 5.82 Å². The van der Waals surface area contributed by atoms with Crippen molar-refractivity contribution >= 4 is 11.6 Å². The molecule has 84 valence electrons. The summed E-state index contributed by atoms with van der Waals surface area (Å²) in [6.45, 7) is 6.07. The zero-order valence-corrected chi connectivity index (χ0v) is 10.4. The summed E-state index contributed by atoms with van der Waals surface area (Å²) >= 11 is 5.98. The quantitative estimate of drug-likeness (QED) is 0.798. The molecule has 16 heavy (non-hydrogen) atoms. The third-order valence-corrected chi connectivity index (χ3v) is 2.54. The van der Waals surface area contributed by atoms with Crippen LogP contribution in [-0.2, 0) is 0 Å². The van der Waals surface area contributed by atoms with Gasteiger partial charge in [0, 0.05) is 16.6 Å². The normalized spacial score (nSPS) is 11.1. The zero-order chi connectivity index (χ0) is 11.7. The van der Waals surface area contributed by atoms with E-state index in [1.165, 1.54) is 0 Å². The minimum Gasteiger partial charge on any atom is -0.243 e. The summed E-state index contributed by atoms with van der Waals surface area (Å²) in [6.07, 6.45) is 0. The molecule has 4 heteroatoms. The molecule has 0 saturated heterocycles. The van der Waals surface area contributed by atoms with E-state index in [4.69, 9.17) is 11.6 Å². The van der Waals surface area contributed by atoms with Gasteiger partial charge >= 0.3 is 0 Å². The number of rotatable bonds is 2. The minimum absolute atomic E-state index is 0.287. The van der Waals surface area contributed by atoms with Crippen LogP contribution in [0, 0.1) is 6.92 Å². The predicted octanol–water partition coefficient (Wildman–Crippen LogP) is 3.49. The van der Waals surface area contributed by atoms with E-state index in [9.17, 15) is 0 Å². The van der Waals surface area contributed by atoms with Gasteiger partial charge in [-0.15, -0.1) is 0 Å². The van der Waals surface area contributed by atoms with Gasteiger partial charge in [-0.05, 0) is 32.9 Å². The molecule has 2 rings (SSSR count). The zero-order valence-electron chi connectivity index (χ0n) is 9.61. The number of hydrogen-bond acceptors (Lipinski definition) is 2. The summed E-state index contributed by atoms with van der Waals surface area (Å²) < 4.78 is 1.92. The fourth-order valence-corrected chi connectivity index (χ4v) is 1.80. The first-order valence-corrected chi connectivity index (χ1v) is 5.65. The topological polar surface area (TPSA) is 30.7 Å². The highest BCUT2D eigenvalue weighted by molar-refractivity contribution is 6.30. The van der Waals surface area contributed by atoms with Gasteiger partial charge in [0.05, 0.1) is 0 Å². The fraction of sp³-hybridized carbons (Fsp3) is 0.333. The molecular formula is C12H14ClN3. The van der Waals surface area contributed by atoms with Gasteiger partial charge in [-0.2, -0.15) is 5.10 Å². The van der Waals surface area contributed by atoms with Crippen molar-refractivity contribution in [2.45, 2.75) is 26.8 Å². The van der Waals surface area contributed by atoms with Gasteiger partial charge in [0.2, 0.25) is 0 Å². The maximum absolute atomic E-state index is 5.98. The number of aromatic nitrogens is 3. The molecule has 0 amide bonds. The molecule has 0 spiro atoms. The molecule has 2 aromatic rings. The van der Waals surface area contributed by atoms with Crippen molar-refractivity contribution in [3.63, 3.8) is 0 Å². The third-order valence-electron chi connectivity index (χ3n) is 2.31. The second kappa shape index (κ2) is 4.26. The van der Waals surface area contributed by atoms with E-state index < -0.39 is 0 Å². The first-order chi connectivity index (χ1) is 7.58. The van der Waals surface area contributed by atoms with Crippen LogP contribution in [0.15, 0.2) is 24.3 Å². The van der Waals surface area contributed by atoms with E-state index in [2.05, 4.69) is 23.9 Å². The van der Waals surface area contributed by atoms with Crippen LogP contribution in [0.4, 0.5) is 0 Å². The molecule has 0 aliphatic carbocycles. The van der Waals surface area contributed by atoms with Crippen molar-refractivity contribution in [2.75, 3.05) is 0 Å². The lowest BCUT2D eigenvalue weighted by molar-refractivity contribution is 0.534. The van der Waals surface area contributed by atoms with E-state index in [-0.39, 0.29) is 6.04 Å². The Labute approximate surface area is 100 Å². The lowest BCUT2D eigenvalue weighted by Gasteiger charge is -2.09. The minimum atomic E-state index is 0.287. The monoisotopic (exact) mass is 235 g/mol. The smallest absolute Gasteiger partial charge is 0.158 e. The second-order valence-electron chi connectivity index (χ2n) is 4.03. The van der Waals surface area contributed by atoms with E-state index in [1.807, 2.05) is 35.9 Å². The van der Waals surface area contributed by atoms with Crippen LogP contribution >= 0.6 is 11.6 Å². The first-order valence-electron chi connectivity index (χ1n) is 5.27. The second-order valence-corrected chi connectivity index (χ2v) is 4.47. The first kappa shape index (κ1) is 11.1. The fourth-order valence-electron chi connectivity index (χ4n) is 1.61. The Morgan fingerprint density at radius 3 is 2.69 bits per heavy atom. The van der Waals surface area contributed by atoms with Gasteiger partial charge in [0.25, 0.3) is 0 Å². The van der Waals surface area contributed by atoms with Crippen molar-refractivity contribution in [3.05, 3.63) is 35.1 Å². The Hall–Kier alpha value is -1.35. The summed E-state index contributed by atoms with van der Waals surface area (Å²) in [6, 6.07) is 7.97. The summed E-state index contributed by atoms with van der Waals surface area (Å²) in [5.41, 5.74) is 1.00. The number of aryl methyl sites for hydroxylation is 1. The van der Waals surface area contributed by atoms with Crippen LogP contribution in [0.25, 0.3) is 11.4 Å². The molecular weight excluding hydrogens is 222 g/mol. The molecule has 0 atom stereocenters. The lowest BCUT2D eigenvalue weighted by Crippen LogP contribution is -2.05. The highest BCUT2D eigenvalue weighted by Gasteiger charge is 2.12.